The zero-order valence-electron chi connectivity index (χ0n) is 11.4. The Labute approximate surface area is 123 Å². The van der Waals surface area contributed by atoms with Crippen LogP contribution in [0.3, 0.4) is 0 Å². The van der Waals surface area contributed by atoms with Gasteiger partial charge in [0.2, 0.25) is 5.91 Å². The van der Waals surface area contributed by atoms with Crippen LogP contribution in [0.15, 0.2) is 0 Å². The Morgan fingerprint density at radius 2 is 1.95 bits per heavy atom. The van der Waals surface area contributed by atoms with E-state index in [1.54, 1.807) is 0 Å². The Morgan fingerprint density at radius 1 is 1.41 bits per heavy atom. The van der Waals surface area contributed by atoms with Gasteiger partial charge in [0.15, 0.2) is 6.17 Å². The number of amides is 1. The van der Waals surface area contributed by atoms with Crippen LogP contribution in [0.4, 0.5) is 8.78 Å². The molecule has 0 spiro atoms. The summed E-state index contributed by atoms with van der Waals surface area (Å²) in [5.74, 6) is -7.19. The van der Waals surface area contributed by atoms with Crippen molar-refractivity contribution >= 4 is 11.9 Å². The van der Waals surface area contributed by atoms with E-state index in [4.69, 9.17) is 10.2 Å². The molecular weight excluding hydrogens is 312 g/mol. The molecule has 1 saturated heterocycles. The van der Waals surface area contributed by atoms with Crippen LogP contribution in [0.2, 0.25) is 0 Å². The fourth-order valence-electron chi connectivity index (χ4n) is 2.11. The average Bonchev–Trinajstić information content (AvgIpc) is 2.45. The third-order valence-electron chi connectivity index (χ3n) is 3.26. The van der Waals surface area contributed by atoms with Crippen LogP contribution < -0.4 is 5.32 Å². The average molecular weight is 329 g/mol. The minimum absolute atomic E-state index is 0.808. The zero-order chi connectivity index (χ0) is 17.2. The van der Waals surface area contributed by atoms with E-state index in [0.29, 0.717) is 0 Å². The molecule has 0 unspecified atom stereocenters. The zero-order valence-corrected chi connectivity index (χ0v) is 11.4. The Morgan fingerprint density at radius 3 is 2.36 bits per heavy atom. The second-order valence-corrected chi connectivity index (χ2v) is 4.89. The summed E-state index contributed by atoms with van der Waals surface area (Å²) >= 11 is 0. The van der Waals surface area contributed by atoms with Crippen molar-refractivity contribution in [2.75, 3.05) is 6.61 Å². The van der Waals surface area contributed by atoms with E-state index in [0.717, 1.165) is 6.92 Å². The normalized spacial score (nSPS) is 38.1. The molecule has 0 aliphatic carbocycles. The van der Waals surface area contributed by atoms with Crippen molar-refractivity contribution in [3.8, 4) is 0 Å². The summed E-state index contributed by atoms with van der Waals surface area (Å²) in [5, 5.41) is 48.3. The number of carbonyl (C=O) groups is 2. The van der Waals surface area contributed by atoms with Gasteiger partial charge in [-0.25, -0.2) is 9.18 Å². The van der Waals surface area contributed by atoms with Gasteiger partial charge in [-0.05, 0) is 0 Å². The number of aliphatic carboxylic acids is 1. The monoisotopic (exact) mass is 329 g/mol. The molecule has 0 saturated carbocycles. The van der Waals surface area contributed by atoms with Gasteiger partial charge in [0.25, 0.3) is 0 Å². The number of rotatable bonds is 5. The highest BCUT2D eigenvalue weighted by Gasteiger charge is 2.62. The lowest BCUT2D eigenvalue weighted by Crippen LogP contribution is -2.71. The molecule has 128 valence electrons. The van der Waals surface area contributed by atoms with Crippen molar-refractivity contribution in [1.82, 2.24) is 5.32 Å². The van der Waals surface area contributed by atoms with Crippen LogP contribution in [-0.2, 0) is 14.3 Å². The molecule has 1 fully saturated rings. The number of ether oxygens (including phenoxy) is 1. The van der Waals surface area contributed by atoms with Gasteiger partial charge in [-0.15, -0.1) is 0 Å². The Hall–Kier alpha value is -1.40. The topological polar surface area (TPSA) is 157 Å². The summed E-state index contributed by atoms with van der Waals surface area (Å²) in [5.41, 5.74) is 0. The molecule has 1 aliphatic rings. The first-order valence-corrected chi connectivity index (χ1v) is 6.22. The number of alkyl halides is 2. The van der Waals surface area contributed by atoms with Crippen LogP contribution in [0.25, 0.3) is 0 Å². The van der Waals surface area contributed by atoms with Crippen molar-refractivity contribution in [1.29, 1.82) is 0 Å². The highest BCUT2D eigenvalue weighted by Crippen LogP contribution is 2.35. The van der Waals surface area contributed by atoms with Crippen LogP contribution >= 0.6 is 0 Å². The Kier molecular flexibility index (Phi) is 5.76. The molecule has 0 aromatic heterocycles. The molecule has 11 heteroatoms. The summed E-state index contributed by atoms with van der Waals surface area (Å²) in [4.78, 5) is 21.9. The fourth-order valence-corrected chi connectivity index (χ4v) is 2.11. The highest BCUT2D eigenvalue weighted by molar-refractivity contribution is 5.77. The molecule has 0 aromatic carbocycles. The number of carboxylic acid groups (broad SMARTS) is 1. The van der Waals surface area contributed by atoms with Gasteiger partial charge >= 0.3 is 11.8 Å². The van der Waals surface area contributed by atoms with Crippen LogP contribution in [-0.4, -0.2) is 86.5 Å². The van der Waals surface area contributed by atoms with Crippen molar-refractivity contribution < 1.29 is 48.6 Å². The number of carboxylic acids is 1. The third-order valence-corrected chi connectivity index (χ3v) is 3.26. The van der Waals surface area contributed by atoms with E-state index in [2.05, 4.69) is 4.74 Å². The molecule has 1 aliphatic heterocycles. The third kappa shape index (κ3) is 3.33. The highest BCUT2D eigenvalue weighted by atomic mass is 19.2. The predicted molar refractivity (Wildman–Crippen MR) is 64.0 cm³/mol. The molecular formula is C11H17F2NO8. The molecule has 6 N–H and O–H groups in total. The van der Waals surface area contributed by atoms with Gasteiger partial charge in [-0.2, -0.15) is 4.39 Å². The molecule has 1 amide bonds. The smallest absolute Gasteiger partial charge is 0.372 e. The molecule has 0 radical (unpaired) electrons. The number of hydrogen-bond acceptors (Lipinski definition) is 7. The first-order valence-electron chi connectivity index (χ1n) is 6.22. The van der Waals surface area contributed by atoms with E-state index >= 15 is 0 Å². The second-order valence-electron chi connectivity index (χ2n) is 4.89. The molecule has 9 nitrogen and oxygen atoms in total. The number of nitrogens with one attached hydrogen (secondary N) is 1. The number of hydrogen-bond donors (Lipinski definition) is 6. The summed E-state index contributed by atoms with van der Waals surface area (Å²) in [6.07, 6.45) is -11.4. The van der Waals surface area contributed by atoms with Crippen LogP contribution in [0, 0.1) is 0 Å². The van der Waals surface area contributed by atoms with E-state index in [9.17, 15) is 33.7 Å². The minimum Gasteiger partial charge on any atom is -0.477 e. The van der Waals surface area contributed by atoms with Gasteiger partial charge in [-0.1, -0.05) is 0 Å². The molecule has 0 bridgehead atoms. The van der Waals surface area contributed by atoms with Crippen molar-refractivity contribution in [2.24, 2.45) is 0 Å². The van der Waals surface area contributed by atoms with Crippen molar-refractivity contribution in [3.05, 3.63) is 0 Å². The quantitative estimate of drug-likeness (QED) is 0.313. The predicted octanol–water partition coefficient (Wildman–Crippen LogP) is -2.95. The Bertz CT molecular complexity index is 438. The summed E-state index contributed by atoms with van der Waals surface area (Å²) in [7, 11) is 0. The number of aliphatic hydroxyl groups is 4. The molecule has 22 heavy (non-hydrogen) atoms. The van der Waals surface area contributed by atoms with Gasteiger partial charge < -0.3 is 35.6 Å². The number of aliphatic hydroxyl groups excluding tert-OH is 4. The van der Waals surface area contributed by atoms with Gasteiger partial charge in [-0.3, -0.25) is 4.79 Å². The molecule has 1 rings (SSSR count). The fraction of sp³-hybridized carbons (Fsp3) is 0.818. The minimum atomic E-state index is -3.99. The summed E-state index contributed by atoms with van der Waals surface area (Å²) in [6.45, 7) is -0.0321. The number of carbonyl (C=O) groups excluding carboxylic acids is 1. The molecule has 1 heterocycles. The molecule has 0 aromatic rings. The van der Waals surface area contributed by atoms with Gasteiger partial charge in [0.1, 0.15) is 24.4 Å². The maximum absolute atomic E-state index is 14.1. The number of halogens is 2. The van der Waals surface area contributed by atoms with E-state index < -0.39 is 61.0 Å². The lowest BCUT2D eigenvalue weighted by molar-refractivity contribution is -0.293. The van der Waals surface area contributed by atoms with Crippen LogP contribution in [0.1, 0.15) is 6.92 Å². The maximum atomic E-state index is 14.1. The lowest BCUT2D eigenvalue weighted by Gasteiger charge is -2.45. The first-order chi connectivity index (χ1) is 10.1. The second kappa shape index (κ2) is 6.79. The summed E-state index contributed by atoms with van der Waals surface area (Å²) < 4.78 is 32.3. The van der Waals surface area contributed by atoms with E-state index in [1.165, 1.54) is 0 Å². The van der Waals surface area contributed by atoms with Crippen LogP contribution in [0.5, 0.6) is 0 Å². The van der Waals surface area contributed by atoms with Crippen molar-refractivity contribution in [2.45, 2.75) is 49.4 Å². The lowest BCUT2D eigenvalue weighted by atomic mass is 9.88. The summed E-state index contributed by atoms with van der Waals surface area (Å²) in [6, 6.07) is -1.74. The maximum Gasteiger partial charge on any atom is 0.372 e. The van der Waals surface area contributed by atoms with E-state index in [-0.39, 0.29) is 0 Å². The van der Waals surface area contributed by atoms with E-state index in [1.807, 2.05) is 5.32 Å². The van der Waals surface area contributed by atoms with Crippen molar-refractivity contribution in [3.63, 3.8) is 0 Å². The Balaban J connectivity index is 3.19. The van der Waals surface area contributed by atoms with Gasteiger partial charge in [0, 0.05) is 6.92 Å². The largest absolute Gasteiger partial charge is 0.477 e. The molecule has 7 atom stereocenters. The SMILES string of the molecule is CC(=O)N[C@@H]1[C@@H](O)[C@H](F)[C@](F)(C(=O)O)O[C@H]1[C@H](O)[C@H](O)CO. The first kappa shape index (κ1) is 18.6. The standard InChI is InChI=1S/C11H17F2NO8/c1-3(16)14-5-7(19)9(12)11(13,10(20)21)22-8(5)6(18)4(17)2-15/h4-9,15,17-19H,2H2,1H3,(H,14,16)(H,20,21)/t4-,5-,6-,7-,8-,9+,11-/m1/s1. The van der Waals surface area contributed by atoms with Gasteiger partial charge in [0.05, 0.1) is 12.6 Å².